The molecule has 1 heterocycles. The zero-order chi connectivity index (χ0) is 13.4. The summed E-state index contributed by atoms with van der Waals surface area (Å²) in [5, 5.41) is 3.74. The molecule has 0 amide bonds. The molecular formula is C10H13F5N2. The summed E-state index contributed by atoms with van der Waals surface area (Å²) in [5.74, 6) is -4.78. The molecule has 0 bridgehead atoms. The Hall–Kier alpha value is -1.14. The summed E-state index contributed by atoms with van der Waals surface area (Å²) in [4.78, 5) is 0. The van der Waals surface area contributed by atoms with Gasteiger partial charge in [-0.05, 0) is 18.9 Å². The van der Waals surface area contributed by atoms with E-state index < -0.39 is 18.6 Å². The highest BCUT2D eigenvalue weighted by atomic mass is 19.4. The molecule has 0 saturated heterocycles. The highest BCUT2D eigenvalue weighted by molar-refractivity contribution is 5.12. The molecule has 0 saturated carbocycles. The normalized spacial score (nSPS) is 13.5. The van der Waals surface area contributed by atoms with Gasteiger partial charge in [0.1, 0.15) is 6.54 Å². The second-order valence-corrected chi connectivity index (χ2v) is 4.23. The molecule has 0 fully saturated rings. The lowest BCUT2D eigenvalue weighted by molar-refractivity contribution is -0.287. The lowest BCUT2D eigenvalue weighted by atomic mass is 10.1. The molecule has 0 aliphatic carbocycles. The van der Waals surface area contributed by atoms with Gasteiger partial charge in [0.25, 0.3) is 0 Å². The van der Waals surface area contributed by atoms with E-state index >= 15 is 0 Å². The molecule has 0 atom stereocenters. The lowest BCUT2D eigenvalue weighted by Crippen LogP contribution is -2.40. The van der Waals surface area contributed by atoms with Crippen LogP contribution in [0, 0.1) is 6.92 Å². The van der Waals surface area contributed by atoms with Crippen LogP contribution in [-0.4, -0.2) is 21.9 Å². The second-order valence-electron chi connectivity index (χ2n) is 4.23. The third kappa shape index (κ3) is 2.95. The van der Waals surface area contributed by atoms with Crippen molar-refractivity contribution < 1.29 is 22.0 Å². The van der Waals surface area contributed by atoms with Crippen molar-refractivity contribution >= 4 is 0 Å². The van der Waals surface area contributed by atoms with Gasteiger partial charge in [-0.3, -0.25) is 4.68 Å². The maximum atomic E-state index is 12.8. The van der Waals surface area contributed by atoms with Crippen molar-refractivity contribution in [2.24, 2.45) is 0 Å². The minimum Gasteiger partial charge on any atom is -0.263 e. The Labute approximate surface area is 95.4 Å². The fraction of sp³-hybridized carbons (Fsp3) is 0.700. The fourth-order valence-electron chi connectivity index (χ4n) is 1.26. The Morgan fingerprint density at radius 1 is 1.24 bits per heavy atom. The van der Waals surface area contributed by atoms with Crippen LogP contribution < -0.4 is 0 Å². The van der Waals surface area contributed by atoms with Crippen LogP contribution in [0.25, 0.3) is 0 Å². The van der Waals surface area contributed by atoms with Gasteiger partial charge in [0.2, 0.25) is 0 Å². The number of rotatable bonds is 3. The molecule has 0 aromatic carbocycles. The first-order valence-electron chi connectivity index (χ1n) is 5.03. The minimum atomic E-state index is -5.55. The van der Waals surface area contributed by atoms with Gasteiger partial charge in [0, 0.05) is 5.69 Å². The van der Waals surface area contributed by atoms with Crippen LogP contribution in [0.2, 0.25) is 0 Å². The monoisotopic (exact) mass is 256 g/mol. The first kappa shape index (κ1) is 13.9. The summed E-state index contributed by atoms with van der Waals surface area (Å²) in [6.45, 7) is 3.54. The molecule has 1 rings (SSSR count). The number of aromatic nitrogens is 2. The lowest BCUT2D eigenvalue weighted by Gasteiger charge is -2.20. The standard InChI is InChI=1S/C10H13F5N2/c1-6(2)8-4-7(3)17(16-8)5-9(11,12)10(13,14)15/h4,6H,5H2,1-3H3. The zero-order valence-electron chi connectivity index (χ0n) is 9.65. The van der Waals surface area contributed by atoms with E-state index in [1.54, 1.807) is 13.8 Å². The van der Waals surface area contributed by atoms with Gasteiger partial charge in [-0.1, -0.05) is 13.8 Å². The molecule has 0 aliphatic rings. The molecule has 0 radical (unpaired) electrons. The number of aryl methyl sites for hydroxylation is 1. The Bertz CT molecular complexity index is 392. The average molecular weight is 256 g/mol. The van der Waals surface area contributed by atoms with Gasteiger partial charge in [-0.2, -0.15) is 27.1 Å². The van der Waals surface area contributed by atoms with Crippen LogP contribution in [0.1, 0.15) is 31.2 Å². The second kappa shape index (κ2) is 4.27. The fourth-order valence-corrected chi connectivity index (χ4v) is 1.26. The van der Waals surface area contributed by atoms with Gasteiger partial charge in [-0.15, -0.1) is 0 Å². The van der Waals surface area contributed by atoms with Crippen LogP contribution >= 0.6 is 0 Å². The summed E-state index contributed by atoms with van der Waals surface area (Å²) in [5.41, 5.74) is 0.790. The number of hydrogen-bond donors (Lipinski definition) is 0. The highest BCUT2D eigenvalue weighted by Gasteiger charge is 2.57. The van der Waals surface area contributed by atoms with E-state index in [0.717, 1.165) is 0 Å². The Kier molecular flexibility index (Phi) is 3.50. The van der Waals surface area contributed by atoms with E-state index in [2.05, 4.69) is 5.10 Å². The summed E-state index contributed by atoms with van der Waals surface area (Å²) < 4.78 is 62.4. The zero-order valence-corrected chi connectivity index (χ0v) is 9.65. The predicted octanol–water partition coefficient (Wildman–Crippen LogP) is 3.51. The molecule has 1 aromatic heterocycles. The maximum Gasteiger partial charge on any atom is 0.455 e. The van der Waals surface area contributed by atoms with E-state index in [4.69, 9.17) is 0 Å². The molecule has 17 heavy (non-hydrogen) atoms. The average Bonchev–Trinajstić information content (AvgIpc) is 2.45. The Morgan fingerprint density at radius 2 is 1.76 bits per heavy atom. The van der Waals surface area contributed by atoms with E-state index in [0.29, 0.717) is 10.4 Å². The first-order chi connectivity index (χ1) is 7.54. The Morgan fingerprint density at radius 3 is 2.12 bits per heavy atom. The van der Waals surface area contributed by atoms with E-state index in [1.807, 2.05) is 0 Å². The van der Waals surface area contributed by atoms with Crippen LogP contribution in [0.3, 0.4) is 0 Å². The summed E-state index contributed by atoms with van der Waals surface area (Å²) in [6, 6.07) is 1.51. The van der Waals surface area contributed by atoms with Gasteiger partial charge in [0.05, 0.1) is 5.69 Å². The van der Waals surface area contributed by atoms with E-state index in [1.165, 1.54) is 13.0 Å². The Balaban J connectivity index is 2.96. The van der Waals surface area contributed by atoms with Crippen molar-refractivity contribution in [1.29, 1.82) is 0 Å². The molecule has 98 valence electrons. The predicted molar refractivity (Wildman–Crippen MR) is 52.1 cm³/mol. The molecule has 1 aromatic rings. The third-order valence-corrected chi connectivity index (χ3v) is 2.35. The van der Waals surface area contributed by atoms with Gasteiger partial charge < -0.3 is 0 Å². The minimum absolute atomic E-state index is 0.0190. The van der Waals surface area contributed by atoms with Crippen molar-refractivity contribution in [3.8, 4) is 0 Å². The van der Waals surface area contributed by atoms with Gasteiger partial charge >= 0.3 is 12.1 Å². The largest absolute Gasteiger partial charge is 0.455 e. The van der Waals surface area contributed by atoms with E-state index in [-0.39, 0.29) is 11.6 Å². The molecule has 0 N–H and O–H groups in total. The van der Waals surface area contributed by atoms with Crippen LogP contribution in [0.15, 0.2) is 6.07 Å². The first-order valence-corrected chi connectivity index (χ1v) is 5.03. The number of halogens is 5. The molecule has 2 nitrogen and oxygen atoms in total. The SMILES string of the molecule is Cc1cc(C(C)C)nn1CC(F)(F)C(F)(F)F. The van der Waals surface area contributed by atoms with Crippen molar-refractivity contribution in [1.82, 2.24) is 9.78 Å². The molecule has 7 heteroatoms. The number of nitrogens with zero attached hydrogens (tertiary/aromatic N) is 2. The van der Waals surface area contributed by atoms with Crippen molar-refractivity contribution in [3.05, 3.63) is 17.5 Å². The summed E-state index contributed by atoms with van der Waals surface area (Å²) in [7, 11) is 0. The number of alkyl halides is 5. The molecule has 0 spiro atoms. The highest BCUT2D eigenvalue weighted by Crippen LogP contribution is 2.36. The van der Waals surface area contributed by atoms with Crippen LogP contribution in [0.5, 0.6) is 0 Å². The quantitative estimate of drug-likeness (QED) is 0.757. The molecule has 0 aliphatic heterocycles. The topological polar surface area (TPSA) is 17.8 Å². The van der Waals surface area contributed by atoms with E-state index in [9.17, 15) is 22.0 Å². The van der Waals surface area contributed by atoms with Crippen molar-refractivity contribution in [2.75, 3.05) is 0 Å². The van der Waals surface area contributed by atoms with Crippen LogP contribution in [-0.2, 0) is 6.54 Å². The smallest absolute Gasteiger partial charge is 0.263 e. The van der Waals surface area contributed by atoms with Crippen LogP contribution in [0.4, 0.5) is 22.0 Å². The van der Waals surface area contributed by atoms with Crippen molar-refractivity contribution in [2.45, 2.75) is 45.3 Å². The third-order valence-electron chi connectivity index (χ3n) is 2.35. The van der Waals surface area contributed by atoms with Gasteiger partial charge in [0.15, 0.2) is 0 Å². The number of hydrogen-bond acceptors (Lipinski definition) is 1. The van der Waals surface area contributed by atoms with Gasteiger partial charge in [-0.25, -0.2) is 0 Å². The summed E-state index contributed by atoms with van der Waals surface area (Å²) >= 11 is 0. The molecule has 0 unspecified atom stereocenters. The van der Waals surface area contributed by atoms with Crippen molar-refractivity contribution in [3.63, 3.8) is 0 Å². The molecular weight excluding hydrogens is 243 g/mol. The summed E-state index contributed by atoms with van der Waals surface area (Å²) in [6.07, 6.45) is -5.55. The maximum absolute atomic E-state index is 12.8.